The Labute approximate surface area is 202 Å². The molecule has 1 aliphatic heterocycles. The highest BCUT2D eigenvalue weighted by Crippen LogP contribution is 2.42. The SMILES string of the molecule is Cc1ccc(-c2ssc(=S)c2-c2ccc(O)c(CN3CCN(C(=O)C(C)C)CC3)c2)cc1. The van der Waals surface area contributed by atoms with Gasteiger partial charge in [-0.25, -0.2) is 0 Å². The largest absolute Gasteiger partial charge is 0.508 e. The molecule has 0 radical (unpaired) electrons. The van der Waals surface area contributed by atoms with Gasteiger partial charge < -0.3 is 10.0 Å². The number of benzene rings is 2. The molecule has 0 saturated carbocycles. The molecule has 1 fully saturated rings. The minimum absolute atomic E-state index is 0.0317. The topological polar surface area (TPSA) is 43.8 Å². The molecule has 0 bridgehead atoms. The van der Waals surface area contributed by atoms with Gasteiger partial charge in [0, 0.05) is 49.8 Å². The number of piperazine rings is 1. The fourth-order valence-corrected chi connectivity index (χ4v) is 6.92. The number of hydrogen-bond donors (Lipinski definition) is 1. The van der Waals surface area contributed by atoms with Crippen LogP contribution in [0.15, 0.2) is 42.5 Å². The van der Waals surface area contributed by atoms with E-state index in [1.54, 1.807) is 26.7 Å². The third kappa shape index (κ3) is 4.96. The van der Waals surface area contributed by atoms with Gasteiger partial charge in [0.1, 0.15) is 9.57 Å². The predicted molar refractivity (Wildman–Crippen MR) is 137 cm³/mol. The number of amides is 1. The number of rotatable bonds is 5. The summed E-state index contributed by atoms with van der Waals surface area (Å²) < 4.78 is 0.878. The average molecular weight is 485 g/mol. The lowest BCUT2D eigenvalue weighted by molar-refractivity contribution is -0.136. The Balaban J connectivity index is 1.56. The molecule has 1 N–H and O–H groups in total. The van der Waals surface area contributed by atoms with E-state index in [4.69, 9.17) is 12.2 Å². The number of nitrogens with zero attached hydrogens (tertiary/aromatic N) is 2. The van der Waals surface area contributed by atoms with Crippen LogP contribution in [0.1, 0.15) is 25.0 Å². The van der Waals surface area contributed by atoms with E-state index in [0.29, 0.717) is 12.3 Å². The molecule has 4 rings (SSSR count). The third-order valence-corrected chi connectivity index (χ3v) is 8.95. The molecule has 3 aromatic rings. The second-order valence-electron chi connectivity index (χ2n) is 8.62. The fraction of sp³-hybridized carbons (Fsp3) is 0.360. The third-order valence-electron chi connectivity index (χ3n) is 5.89. The zero-order valence-corrected chi connectivity index (χ0v) is 21.1. The molecule has 1 amide bonds. The summed E-state index contributed by atoms with van der Waals surface area (Å²) in [5.41, 5.74) is 5.42. The van der Waals surface area contributed by atoms with Crippen LogP contribution in [0.5, 0.6) is 5.75 Å². The highest BCUT2D eigenvalue weighted by Gasteiger charge is 2.23. The van der Waals surface area contributed by atoms with Crippen LogP contribution in [0.2, 0.25) is 0 Å². The molecule has 0 spiro atoms. The van der Waals surface area contributed by atoms with Crippen molar-refractivity contribution in [3.8, 4) is 27.3 Å². The lowest BCUT2D eigenvalue weighted by Gasteiger charge is -2.35. The Bertz CT molecular complexity index is 1160. The van der Waals surface area contributed by atoms with Gasteiger partial charge in [-0.05, 0) is 30.2 Å². The molecule has 0 unspecified atom stereocenters. The van der Waals surface area contributed by atoms with Gasteiger partial charge in [0.05, 0.1) is 4.88 Å². The lowest BCUT2D eigenvalue weighted by Crippen LogP contribution is -2.49. The number of aromatic hydroxyl groups is 1. The highest BCUT2D eigenvalue weighted by molar-refractivity contribution is 7.80. The van der Waals surface area contributed by atoms with Gasteiger partial charge in [-0.1, -0.05) is 82.6 Å². The first kappa shape index (κ1) is 23.1. The summed E-state index contributed by atoms with van der Waals surface area (Å²) in [7, 11) is 3.33. The first-order chi connectivity index (χ1) is 15.3. The van der Waals surface area contributed by atoms with Crippen LogP contribution in [0.3, 0.4) is 0 Å². The molecule has 0 aliphatic carbocycles. The van der Waals surface area contributed by atoms with Crippen LogP contribution in [-0.4, -0.2) is 47.0 Å². The van der Waals surface area contributed by atoms with E-state index in [9.17, 15) is 9.90 Å². The van der Waals surface area contributed by atoms with Gasteiger partial charge in [0.15, 0.2) is 0 Å². The molecule has 1 aliphatic rings. The van der Waals surface area contributed by atoms with E-state index in [1.165, 1.54) is 16.0 Å². The van der Waals surface area contributed by atoms with E-state index < -0.39 is 0 Å². The highest BCUT2D eigenvalue weighted by atomic mass is 32.9. The zero-order valence-electron chi connectivity index (χ0n) is 18.6. The number of phenols is 1. The van der Waals surface area contributed by atoms with Crippen molar-refractivity contribution < 1.29 is 9.90 Å². The van der Waals surface area contributed by atoms with Crippen molar-refractivity contribution in [2.24, 2.45) is 5.92 Å². The fourth-order valence-electron chi connectivity index (χ4n) is 4.00. The summed E-state index contributed by atoms with van der Waals surface area (Å²) in [5.74, 6) is 0.551. The molecular formula is C25H28N2O2S3. The van der Waals surface area contributed by atoms with Gasteiger partial charge in [-0.2, -0.15) is 0 Å². The summed E-state index contributed by atoms with van der Waals surface area (Å²) in [6.45, 7) is 9.72. The summed E-state index contributed by atoms with van der Waals surface area (Å²) in [5, 5.41) is 10.6. The standard InChI is InChI=1S/C25H28N2O2S3/c1-16(2)24(29)27-12-10-26(11-13-27)15-20-14-19(8-9-21(20)28)22-23(31-32-25(22)30)18-6-4-17(3)5-7-18/h4-9,14,16,28H,10-13,15H2,1-3H3. The average Bonchev–Trinajstić information content (AvgIpc) is 3.17. The number of carbonyl (C=O) groups is 1. The van der Waals surface area contributed by atoms with Crippen LogP contribution < -0.4 is 0 Å². The monoisotopic (exact) mass is 484 g/mol. The number of hydrogen-bond acceptors (Lipinski definition) is 6. The summed E-state index contributed by atoms with van der Waals surface area (Å²) in [4.78, 5) is 17.7. The Morgan fingerprint density at radius 2 is 1.69 bits per heavy atom. The van der Waals surface area contributed by atoms with Crippen molar-refractivity contribution in [2.45, 2.75) is 27.3 Å². The van der Waals surface area contributed by atoms with E-state index in [0.717, 1.165) is 46.7 Å². The molecule has 32 heavy (non-hydrogen) atoms. The number of aryl methyl sites for hydroxylation is 1. The maximum Gasteiger partial charge on any atom is 0.225 e. The van der Waals surface area contributed by atoms with E-state index in [1.807, 2.05) is 24.8 Å². The van der Waals surface area contributed by atoms with Crippen molar-refractivity contribution in [3.63, 3.8) is 0 Å². The van der Waals surface area contributed by atoms with Crippen LogP contribution >= 0.6 is 32.9 Å². The van der Waals surface area contributed by atoms with Crippen LogP contribution in [0, 0.1) is 16.7 Å². The molecule has 7 heteroatoms. The van der Waals surface area contributed by atoms with Crippen molar-refractivity contribution in [1.82, 2.24) is 9.80 Å². The molecule has 4 nitrogen and oxygen atoms in total. The Hall–Kier alpha value is -2.06. The minimum atomic E-state index is 0.0317. The molecule has 0 atom stereocenters. The van der Waals surface area contributed by atoms with Crippen molar-refractivity contribution in [3.05, 3.63) is 57.4 Å². The van der Waals surface area contributed by atoms with Crippen molar-refractivity contribution in [1.29, 1.82) is 0 Å². The van der Waals surface area contributed by atoms with Gasteiger partial charge in [0.25, 0.3) is 0 Å². The van der Waals surface area contributed by atoms with Gasteiger partial charge in [0.2, 0.25) is 5.91 Å². The quantitative estimate of drug-likeness (QED) is 0.347. The lowest BCUT2D eigenvalue weighted by atomic mass is 10.0. The molecule has 1 saturated heterocycles. The van der Waals surface area contributed by atoms with Gasteiger partial charge >= 0.3 is 0 Å². The maximum absolute atomic E-state index is 12.3. The Morgan fingerprint density at radius 1 is 1.03 bits per heavy atom. The summed E-state index contributed by atoms with van der Waals surface area (Å²) >= 11 is 5.70. The molecule has 1 aromatic heterocycles. The zero-order chi connectivity index (χ0) is 22.8. The summed E-state index contributed by atoms with van der Waals surface area (Å²) in [6.07, 6.45) is 0. The molecule has 2 aromatic carbocycles. The van der Waals surface area contributed by atoms with Crippen LogP contribution in [-0.2, 0) is 11.3 Å². The van der Waals surface area contributed by atoms with Crippen LogP contribution in [0.25, 0.3) is 21.6 Å². The summed E-state index contributed by atoms with van der Waals surface area (Å²) in [6, 6.07) is 14.3. The van der Waals surface area contributed by atoms with Gasteiger partial charge in [-0.15, -0.1) is 0 Å². The second-order valence-corrected chi connectivity index (χ2v) is 11.4. The second kappa shape index (κ2) is 9.83. The first-order valence-electron chi connectivity index (χ1n) is 10.9. The van der Waals surface area contributed by atoms with Crippen LogP contribution in [0.4, 0.5) is 0 Å². The van der Waals surface area contributed by atoms with Crippen molar-refractivity contribution >= 4 is 38.8 Å². The number of carbonyl (C=O) groups excluding carboxylic acids is 1. The number of phenolic OH excluding ortho intramolecular Hbond substituents is 1. The molecule has 168 valence electrons. The maximum atomic E-state index is 12.3. The smallest absolute Gasteiger partial charge is 0.225 e. The van der Waals surface area contributed by atoms with E-state index in [2.05, 4.69) is 42.2 Å². The Kier molecular flexibility index (Phi) is 7.10. The van der Waals surface area contributed by atoms with Crippen molar-refractivity contribution in [2.75, 3.05) is 26.2 Å². The minimum Gasteiger partial charge on any atom is -0.508 e. The van der Waals surface area contributed by atoms with Gasteiger partial charge in [-0.3, -0.25) is 9.69 Å². The Morgan fingerprint density at radius 3 is 2.34 bits per heavy atom. The van der Waals surface area contributed by atoms with E-state index >= 15 is 0 Å². The molecule has 2 heterocycles. The normalized spacial score (nSPS) is 14.8. The first-order valence-corrected chi connectivity index (χ1v) is 13.4. The molecular weight excluding hydrogens is 456 g/mol. The predicted octanol–water partition coefficient (Wildman–Crippen LogP) is 6.19. The van der Waals surface area contributed by atoms with E-state index in [-0.39, 0.29) is 11.8 Å².